The average molecular weight is 306 g/mol. The molecule has 1 aromatic heterocycles. The van der Waals surface area contributed by atoms with Crippen molar-refractivity contribution in [3.8, 4) is 0 Å². The molecular formula is C16H23BO3S. The molecule has 0 N–H and O–H groups in total. The summed E-state index contributed by atoms with van der Waals surface area (Å²) in [6, 6.07) is 4.48. The maximum atomic E-state index is 6.16. The number of hydrogen-bond donors (Lipinski definition) is 0. The standard InChI is InChI=1S/C16H23BO3S/c1-14(2)15(3,4)20-17(19-14)13-6-5-12(21-13)16-7-8-18-11(9-16)10-16/h5-6,11H,7-10H2,1-4H3. The van der Waals surface area contributed by atoms with Crippen molar-refractivity contribution in [3.63, 3.8) is 0 Å². The highest BCUT2D eigenvalue weighted by atomic mass is 32.1. The molecule has 5 rings (SSSR count). The fraction of sp³-hybridized carbons (Fsp3) is 0.750. The summed E-state index contributed by atoms with van der Waals surface area (Å²) < 4.78 is 19.2. The molecule has 0 atom stereocenters. The Kier molecular flexibility index (Phi) is 2.95. The minimum absolute atomic E-state index is 0.221. The summed E-state index contributed by atoms with van der Waals surface area (Å²) in [5, 5.41) is 0. The van der Waals surface area contributed by atoms with Crippen LogP contribution >= 0.6 is 11.3 Å². The van der Waals surface area contributed by atoms with Crippen molar-refractivity contribution in [1.29, 1.82) is 0 Å². The van der Waals surface area contributed by atoms with Gasteiger partial charge in [-0.25, -0.2) is 0 Å². The van der Waals surface area contributed by atoms with E-state index in [1.165, 1.54) is 22.5 Å². The van der Waals surface area contributed by atoms with Crippen LogP contribution in [0.25, 0.3) is 0 Å². The summed E-state index contributed by atoms with van der Waals surface area (Å²) >= 11 is 1.87. The van der Waals surface area contributed by atoms with Gasteiger partial charge in [0.2, 0.25) is 0 Å². The van der Waals surface area contributed by atoms with Gasteiger partial charge in [0, 0.05) is 21.7 Å². The zero-order valence-corrected chi connectivity index (χ0v) is 14.1. The van der Waals surface area contributed by atoms with Crippen molar-refractivity contribution >= 4 is 23.2 Å². The van der Waals surface area contributed by atoms with Crippen molar-refractivity contribution < 1.29 is 14.0 Å². The first-order valence-corrected chi connectivity index (χ1v) is 8.71. The molecule has 5 heteroatoms. The highest BCUT2D eigenvalue weighted by Gasteiger charge is 2.54. The van der Waals surface area contributed by atoms with Gasteiger partial charge < -0.3 is 14.0 Å². The van der Waals surface area contributed by atoms with Crippen LogP contribution in [0.5, 0.6) is 0 Å². The van der Waals surface area contributed by atoms with Crippen LogP contribution in [0, 0.1) is 0 Å². The molecular weight excluding hydrogens is 283 g/mol. The van der Waals surface area contributed by atoms with E-state index in [1.807, 2.05) is 11.3 Å². The van der Waals surface area contributed by atoms with Crippen molar-refractivity contribution in [2.75, 3.05) is 6.61 Å². The Balaban J connectivity index is 1.56. The largest absolute Gasteiger partial charge is 0.505 e. The van der Waals surface area contributed by atoms with E-state index in [4.69, 9.17) is 14.0 Å². The predicted molar refractivity (Wildman–Crippen MR) is 85.3 cm³/mol. The average Bonchev–Trinajstić information content (AvgIpc) is 2.93. The maximum absolute atomic E-state index is 6.16. The molecule has 1 saturated carbocycles. The third-order valence-corrected chi connectivity index (χ3v) is 7.16. The number of fused-ring (bicyclic) bond motifs is 2. The molecule has 4 aliphatic rings. The van der Waals surface area contributed by atoms with E-state index in [0.29, 0.717) is 11.5 Å². The summed E-state index contributed by atoms with van der Waals surface area (Å²) in [6.45, 7) is 9.34. The van der Waals surface area contributed by atoms with Gasteiger partial charge in [-0.1, -0.05) is 6.07 Å². The van der Waals surface area contributed by atoms with Crippen molar-refractivity contribution in [1.82, 2.24) is 0 Å². The van der Waals surface area contributed by atoms with Gasteiger partial charge >= 0.3 is 7.12 Å². The Labute approximate surface area is 131 Å². The van der Waals surface area contributed by atoms with Crippen LogP contribution in [0.15, 0.2) is 12.1 Å². The second-order valence-electron chi connectivity index (χ2n) is 7.72. The van der Waals surface area contributed by atoms with Crippen LogP contribution < -0.4 is 4.78 Å². The predicted octanol–water partition coefficient (Wildman–Crippen LogP) is 2.87. The molecule has 4 fully saturated rings. The number of hydrogen-bond acceptors (Lipinski definition) is 4. The van der Waals surface area contributed by atoms with Gasteiger partial charge in [0.15, 0.2) is 0 Å². The molecule has 0 aromatic carbocycles. The molecule has 114 valence electrons. The van der Waals surface area contributed by atoms with Crippen molar-refractivity contribution in [2.24, 2.45) is 0 Å². The van der Waals surface area contributed by atoms with E-state index in [1.54, 1.807) is 0 Å². The fourth-order valence-corrected chi connectivity index (χ4v) is 4.81. The maximum Gasteiger partial charge on any atom is 0.505 e. The van der Waals surface area contributed by atoms with E-state index in [2.05, 4.69) is 39.8 Å². The fourth-order valence-electron chi connectivity index (χ4n) is 3.60. The van der Waals surface area contributed by atoms with Gasteiger partial charge in [0.05, 0.1) is 17.3 Å². The summed E-state index contributed by atoms with van der Waals surface area (Å²) in [5.74, 6) is 0. The van der Waals surface area contributed by atoms with Crippen LogP contribution in [0.2, 0.25) is 0 Å². The second-order valence-corrected chi connectivity index (χ2v) is 8.84. The van der Waals surface area contributed by atoms with Crippen LogP contribution in [0.1, 0.15) is 51.8 Å². The molecule has 0 radical (unpaired) electrons. The van der Waals surface area contributed by atoms with Gasteiger partial charge in [0.1, 0.15) is 0 Å². The monoisotopic (exact) mass is 306 g/mol. The first kappa shape index (κ1) is 14.3. The molecule has 0 spiro atoms. The van der Waals surface area contributed by atoms with E-state index in [-0.39, 0.29) is 18.3 Å². The van der Waals surface area contributed by atoms with E-state index in [0.717, 1.165) is 13.0 Å². The van der Waals surface area contributed by atoms with E-state index in [9.17, 15) is 0 Å². The van der Waals surface area contributed by atoms with Gasteiger partial charge in [-0.15, -0.1) is 11.3 Å². The molecule has 1 aliphatic carbocycles. The Morgan fingerprint density at radius 1 is 1.10 bits per heavy atom. The Morgan fingerprint density at radius 3 is 2.33 bits per heavy atom. The van der Waals surface area contributed by atoms with E-state index >= 15 is 0 Å². The Bertz CT molecular complexity index is 538. The molecule has 21 heavy (non-hydrogen) atoms. The van der Waals surface area contributed by atoms with Gasteiger partial charge in [-0.05, 0) is 53.0 Å². The summed E-state index contributed by atoms with van der Waals surface area (Å²) in [5.41, 5.74) is -0.143. The topological polar surface area (TPSA) is 27.7 Å². The second kappa shape index (κ2) is 4.35. The highest BCUT2D eigenvalue weighted by molar-refractivity contribution is 7.22. The van der Waals surface area contributed by atoms with Crippen molar-refractivity contribution in [2.45, 2.75) is 69.7 Å². The molecule has 0 amide bonds. The van der Waals surface area contributed by atoms with Crippen LogP contribution in [-0.4, -0.2) is 31.0 Å². The molecule has 0 unspecified atom stereocenters. The van der Waals surface area contributed by atoms with Gasteiger partial charge in [-0.2, -0.15) is 0 Å². The van der Waals surface area contributed by atoms with Crippen LogP contribution in [0.3, 0.4) is 0 Å². The van der Waals surface area contributed by atoms with Crippen molar-refractivity contribution in [3.05, 3.63) is 17.0 Å². The number of ether oxygens (including phenoxy) is 1. The zero-order chi connectivity index (χ0) is 14.9. The zero-order valence-electron chi connectivity index (χ0n) is 13.3. The number of rotatable bonds is 2. The lowest BCUT2D eigenvalue weighted by Crippen LogP contribution is -2.51. The Morgan fingerprint density at radius 2 is 1.76 bits per heavy atom. The molecule has 3 saturated heterocycles. The first-order chi connectivity index (χ1) is 9.81. The summed E-state index contributed by atoms with van der Waals surface area (Å²) in [6.07, 6.45) is 4.04. The summed E-state index contributed by atoms with van der Waals surface area (Å²) in [4.78, 5) is 1.49. The van der Waals surface area contributed by atoms with E-state index < -0.39 is 0 Å². The minimum atomic E-state index is -0.264. The lowest BCUT2D eigenvalue weighted by Gasteiger charge is -2.51. The third-order valence-electron chi connectivity index (χ3n) is 5.81. The molecule has 1 aromatic rings. The third kappa shape index (κ3) is 2.05. The molecule has 4 heterocycles. The lowest BCUT2D eigenvalue weighted by molar-refractivity contribution is -0.107. The normalized spacial score (nSPS) is 36.6. The smallest absolute Gasteiger partial charge is 0.399 e. The van der Waals surface area contributed by atoms with Crippen LogP contribution in [-0.2, 0) is 19.5 Å². The quantitative estimate of drug-likeness (QED) is 0.786. The molecule has 3 aliphatic heterocycles. The molecule has 3 nitrogen and oxygen atoms in total. The SMILES string of the molecule is CC1(C)OB(c2ccc(C34CCOC(C3)C4)s2)OC1(C)C. The first-order valence-electron chi connectivity index (χ1n) is 7.89. The van der Waals surface area contributed by atoms with Gasteiger partial charge in [0.25, 0.3) is 0 Å². The summed E-state index contributed by atoms with van der Waals surface area (Å²) in [7, 11) is -0.221. The van der Waals surface area contributed by atoms with Crippen LogP contribution in [0.4, 0.5) is 0 Å². The molecule has 2 bridgehead atoms. The lowest BCUT2D eigenvalue weighted by atomic mass is 9.62. The van der Waals surface area contributed by atoms with Gasteiger partial charge in [-0.3, -0.25) is 0 Å². The Hall–Kier alpha value is -0.355. The highest BCUT2D eigenvalue weighted by Crippen LogP contribution is 2.52. The minimum Gasteiger partial charge on any atom is -0.399 e. The number of thiophene rings is 1.